The number of ether oxygens (including phenoxy) is 1. The third kappa shape index (κ3) is 8.65. The summed E-state index contributed by atoms with van der Waals surface area (Å²) in [6, 6.07) is 7.80. The van der Waals surface area contributed by atoms with E-state index in [1.165, 1.54) is 0 Å². The van der Waals surface area contributed by atoms with Crippen LogP contribution in [0.5, 0.6) is 0 Å². The monoisotopic (exact) mass is 361 g/mol. The molecule has 2 amide bonds. The molecule has 0 spiro atoms. The lowest BCUT2D eigenvalue weighted by Gasteiger charge is -2.25. The minimum atomic E-state index is -0.781. The van der Waals surface area contributed by atoms with Crippen LogP contribution in [0.1, 0.15) is 46.6 Å². The second-order valence-electron chi connectivity index (χ2n) is 7.70. The number of hydrogen-bond acceptors (Lipinski definition) is 4. The Bertz CT molecular complexity index is 594. The van der Waals surface area contributed by atoms with Crippen molar-refractivity contribution in [1.29, 1.82) is 0 Å². The minimum absolute atomic E-state index is 0.175. The molecule has 0 aromatic heterocycles. The van der Waals surface area contributed by atoms with Crippen LogP contribution < -0.4 is 10.6 Å². The van der Waals surface area contributed by atoms with Crippen LogP contribution >= 0.6 is 0 Å². The topological polar surface area (TPSA) is 84.5 Å². The van der Waals surface area contributed by atoms with Gasteiger partial charge in [-0.05, 0) is 38.7 Å². The van der Waals surface area contributed by atoms with Gasteiger partial charge < -0.3 is 15.4 Å². The van der Waals surface area contributed by atoms with E-state index in [0.717, 1.165) is 5.56 Å². The van der Waals surface area contributed by atoms with Gasteiger partial charge in [-0.15, -0.1) is 0 Å². The van der Waals surface area contributed by atoms with Crippen LogP contribution in [0.4, 0.5) is 4.79 Å². The fourth-order valence-electron chi connectivity index (χ4n) is 2.40. The smallest absolute Gasteiger partial charge is 0.408 e. The van der Waals surface area contributed by atoms with Crippen LogP contribution in [0.15, 0.2) is 30.3 Å². The van der Waals surface area contributed by atoms with Crippen molar-refractivity contribution < 1.29 is 19.1 Å². The molecule has 0 fully saturated rings. The average Bonchev–Trinajstić information content (AvgIpc) is 2.52. The van der Waals surface area contributed by atoms with Crippen molar-refractivity contribution in [1.82, 2.24) is 10.6 Å². The third-order valence-corrected chi connectivity index (χ3v) is 3.46. The molecule has 1 rings (SSSR count). The molecule has 26 heavy (non-hydrogen) atoms. The number of carbonyl (C=O) groups is 2. The number of amides is 2. The number of hydrogen-bond donors (Lipinski definition) is 2. The summed E-state index contributed by atoms with van der Waals surface area (Å²) in [4.78, 5) is 35.8. The molecule has 143 valence electrons. The van der Waals surface area contributed by atoms with Gasteiger partial charge >= 0.3 is 6.09 Å². The molecule has 6 nitrogen and oxygen atoms in total. The summed E-state index contributed by atoms with van der Waals surface area (Å²) in [5, 5.41) is 5.25. The molecule has 1 aromatic carbocycles. The lowest BCUT2D eigenvalue weighted by atomic mass is 10.0. The molecule has 0 heterocycles. The first-order valence-electron chi connectivity index (χ1n) is 8.82. The summed E-state index contributed by atoms with van der Waals surface area (Å²) in [5.74, 6) is -0.248. The van der Waals surface area contributed by atoms with Crippen LogP contribution in [0.3, 0.4) is 0 Å². The molecule has 0 bridgehead atoms. The van der Waals surface area contributed by atoms with Gasteiger partial charge in [-0.25, -0.2) is 4.79 Å². The maximum absolute atomic E-state index is 12.6. The van der Waals surface area contributed by atoms with E-state index in [1.54, 1.807) is 20.8 Å². The van der Waals surface area contributed by atoms with Crippen molar-refractivity contribution in [2.75, 3.05) is 0 Å². The molecular weight excluding hydrogens is 332 g/mol. The van der Waals surface area contributed by atoms with Crippen molar-refractivity contribution in [3.8, 4) is 0 Å². The molecule has 1 radical (unpaired) electrons. The van der Waals surface area contributed by atoms with E-state index in [9.17, 15) is 14.4 Å². The van der Waals surface area contributed by atoms with Crippen molar-refractivity contribution in [2.24, 2.45) is 5.92 Å². The summed E-state index contributed by atoms with van der Waals surface area (Å²) in [6.45, 7) is 9.15. The van der Waals surface area contributed by atoms with E-state index in [4.69, 9.17) is 4.74 Å². The maximum Gasteiger partial charge on any atom is 0.408 e. The summed E-state index contributed by atoms with van der Waals surface area (Å²) in [7, 11) is 0. The van der Waals surface area contributed by atoms with Crippen LogP contribution in [-0.4, -0.2) is 36.0 Å². The number of nitrogens with one attached hydrogen (secondary N) is 2. The van der Waals surface area contributed by atoms with Gasteiger partial charge in [0, 0.05) is 6.42 Å². The Morgan fingerprint density at radius 2 is 1.73 bits per heavy atom. The van der Waals surface area contributed by atoms with E-state index in [-0.39, 0.29) is 5.92 Å². The number of carbonyl (C=O) groups excluding carboxylic acids is 3. The first-order valence-corrected chi connectivity index (χ1v) is 8.82. The first kappa shape index (κ1) is 21.7. The van der Waals surface area contributed by atoms with Gasteiger partial charge in [-0.3, -0.25) is 9.59 Å². The molecule has 0 unspecified atom stereocenters. The van der Waals surface area contributed by atoms with Crippen LogP contribution in [-0.2, 0) is 20.7 Å². The summed E-state index contributed by atoms with van der Waals surface area (Å²) >= 11 is 0. The standard InChI is InChI=1S/C20H29N2O4/c1-14(2)11-17(22-19(25)26-20(3,4)5)18(24)21-16(13-23)12-15-9-7-6-8-10-15/h6-10,14,16-17H,11-12H2,1-5H3,(H,21,24)(H,22,25)/t16-,17+/m0/s1. The Kier molecular flexibility index (Phi) is 8.29. The predicted octanol–water partition coefficient (Wildman–Crippen LogP) is 2.76. The number of rotatable bonds is 8. The summed E-state index contributed by atoms with van der Waals surface area (Å²) < 4.78 is 5.22. The highest BCUT2D eigenvalue weighted by Crippen LogP contribution is 2.10. The molecule has 0 saturated carbocycles. The Morgan fingerprint density at radius 3 is 2.23 bits per heavy atom. The normalized spacial score (nSPS) is 13.6. The second kappa shape index (κ2) is 9.94. The van der Waals surface area contributed by atoms with Gasteiger partial charge in [0.05, 0.1) is 6.04 Å². The molecule has 6 heteroatoms. The zero-order chi connectivity index (χ0) is 19.7. The van der Waals surface area contributed by atoms with E-state index < -0.39 is 29.7 Å². The molecule has 2 atom stereocenters. The Morgan fingerprint density at radius 1 is 1.12 bits per heavy atom. The summed E-state index contributed by atoms with van der Waals surface area (Å²) in [6.07, 6.45) is 1.97. The first-order chi connectivity index (χ1) is 12.1. The zero-order valence-corrected chi connectivity index (χ0v) is 16.2. The highest BCUT2D eigenvalue weighted by atomic mass is 16.6. The Balaban J connectivity index is 2.74. The quantitative estimate of drug-likeness (QED) is 0.746. The Labute approximate surface area is 155 Å². The molecule has 0 aliphatic rings. The average molecular weight is 361 g/mol. The van der Waals surface area contributed by atoms with E-state index in [0.29, 0.717) is 12.8 Å². The van der Waals surface area contributed by atoms with Gasteiger partial charge in [0.1, 0.15) is 11.6 Å². The highest BCUT2D eigenvalue weighted by molar-refractivity contribution is 5.87. The van der Waals surface area contributed by atoms with E-state index in [1.807, 2.05) is 50.5 Å². The SMILES string of the molecule is CC(C)C[C@@H](NC(=O)OC(C)(C)C)C(=O)N[C@H]([C]=O)Cc1ccccc1. The molecule has 1 aromatic rings. The van der Waals surface area contributed by atoms with Crippen molar-refractivity contribution >= 4 is 18.3 Å². The van der Waals surface area contributed by atoms with Crippen molar-refractivity contribution in [2.45, 2.75) is 65.1 Å². The fourth-order valence-corrected chi connectivity index (χ4v) is 2.40. The third-order valence-electron chi connectivity index (χ3n) is 3.46. The van der Waals surface area contributed by atoms with Gasteiger partial charge in [0.15, 0.2) is 0 Å². The van der Waals surface area contributed by atoms with Crippen LogP contribution in [0.25, 0.3) is 0 Å². The van der Waals surface area contributed by atoms with Gasteiger partial charge in [0.2, 0.25) is 12.2 Å². The number of alkyl carbamates (subject to hydrolysis) is 1. The minimum Gasteiger partial charge on any atom is -0.444 e. The number of benzene rings is 1. The van der Waals surface area contributed by atoms with Crippen LogP contribution in [0.2, 0.25) is 0 Å². The molecule has 2 N–H and O–H groups in total. The molecule has 0 saturated heterocycles. The lowest BCUT2D eigenvalue weighted by Crippen LogP contribution is -2.51. The Hall–Kier alpha value is -2.37. The highest BCUT2D eigenvalue weighted by Gasteiger charge is 2.26. The molecule has 0 aliphatic carbocycles. The predicted molar refractivity (Wildman–Crippen MR) is 100 cm³/mol. The maximum atomic E-state index is 12.6. The fraction of sp³-hybridized carbons (Fsp3) is 0.550. The van der Waals surface area contributed by atoms with Crippen LogP contribution in [0, 0.1) is 5.92 Å². The van der Waals surface area contributed by atoms with Crippen molar-refractivity contribution in [3.05, 3.63) is 35.9 Å². The van der Waals surface area contributed by atoms with Crippen molar-refractivity contribution in [3.63, 3.8) is 0 Å². The zero-order valence-electron chi connectivity index (χ0n) is 16.2. The summed E-state index contributed by atoms with van der Waals surface area (Å²) in [5.41, 5.74) is 0.261. The lowest BCUT2D eigenvalue weighted by molar-refractivity contribution is -0.123. The second-order valence-corrected chi connectivity index (χ2v) is 7.70. The van der Waals surface area contributed by atoms with Gasteiger partial charge in [-0.2, -0.15) is 0 Å². The molecule has 0 aliphatic heterocycles. The largest absolute Gasteiger partial charge is 0.444 e. The molecular formula is C20H29N2O4. The van der Waals surface area contributed by atoms with Gasteiger partial charge in [0.25, 0.3) is 0 Å². The van der Waals surface area contributed by atoms with E-state index in [2.05, 4.69) is 10.6 Å². The van der Waals surface area contributed by atoms with E-state index >= 15 is 0 Å². The van der Waals surface area contributed by atoms with Gasteiger partial charge in [-0.1, -0.05) is 44.2 Å².